The first-order chi connectivity index (χ1) is 6.29. The van der Waals surface area contributed by atoms with E-state index in [0.717, 1.165) is 0 Å². The summed E-state index contributed by atoms with van der Waals surface area (Å²) in [5.41, 5.74) is 0.559. The number of hydrogen-bond acceptors (Lipinski definition) is 3. The molecule has 0 spiro atoms. The number of hydrogen-bond donors (Lipinski definition) is 1. The van der Waals surface area contributed by atoms with Crippen molar-refractivity contribution in [2.45, 2.75) is 6.10 Å². The summed E-state index contributed by atoms with van der Waals surface area (Å²) >= 11 is 0. The highest BCUT2D eigenvalue weighted by atomic mass is 16.5. The fourth-order valence-electron chi connectivity index (χ4n) is 1.05. The van der Waals surface area contributed by atoms with E-state index in [1.807, 2.05) is 6.07 Å². The molecule has 13 heavy (non-hydrogen) atoms. The van der Waals surface area contributed by atoms with Crippen LogP contribution in [0.25, 0.3) is 0 Å². The minimum atomic E-state index is -0.748. The van der Waals surface area contributed by atoms with Gasteiger partial charge in [-0.3, -0.25) is 4.79 Å². The van der Waals surface area contributed by atoms with Crippen LogP contribution in [-0.4, -0.2) is 30.7 Å². The Kier molecular flexibility index (Phi) is 3.61. The largest absolute Gasteiger partial charge is 0.393 e. The number of carbonyl (C=O) groups excluding carboxylic acids is 1. The van der Waals surface area contributed by atoms with Gasteiger partial charge in [-0.25, -0.2) is 0 Å². The second kappa shape index (κ2) is 4.74. The molecule has 0 aliphatic carbocycles. The van der Waals surface area contributed by atoms with Gasteiger partial charge < -0.3 is 9.84 Å². The molecule has 1 N–H and O–H groups in total. The molecule has 1 unspecified atom stereocenters. The maximum atomic E-state index is 11.5. The molecule has 0 aromatic heterocycles. The molecule has 0 saturated carbocycles. The molecule has 1 rings (SSSR count). The highest BCUT2D eigenvalue weighted by Gasteiger charge is 2.17. The molecule has 0 amide bonds. The molecule has 0 saturated heterocycles. The number of rotatable bonds is 4. The number of Topliss-reactive ketones (excluding diaryl/α,β-unsaturated/α-hetero) is 1. The first-order valence-electron chi connectivity index (χ1n) is 4.02. The van der Waals surface area contributed by atoms with E-state index < -0.39 is 6.10 Å². The molecule has 1 aromatic carbocycles. The van der Waals surface area contributed by atoms with Crippen LogP contribution in [0.1, 0.15) is 10.4 Å². The van der Waals surface area contributed by atoms with Gasteiger partial charge in [0.1, 0.15) is 6.10 Å². The van der Waals surface area contributed by atoms with Crippen molar-refractivity contribution in [1.82, 2.24) is 0 Å². The summed E-state index contributed by atoms with van der Waals surface area (Å²) in [6, 6.07) is 8.78. The number of ketones is 1. The van der Waals surface area contributed by atoms with Gasteiger partial charge in [-0.2, -0.15) is 0 Å². The highest BCUT2D eigenvalue weighted by Crippen LogP contribution is 2.04. The van der Waals surface area contributed by atoms with E-state index in [0.29, 0.717) is 5.56 Å². The summed E-state index contributed by atoms with van der Waals surface area (Å²) in [6.07, 6.45) is -0.748. The third-order valence-corrected chi connectivity index (χ3v) is 1.80. The summed E-state index contributed by atoms with van der Waals surface area (Å²) < 4.78 is 4.82. The molecule has 3 heteroatoms. The summed E-state index contributed by atoms with van der Waals surface area (Å²) in [7, 11) is 1.40. The van der Waals surface area contributed by atoms with Crippen molar-refractivity contribution in [3.05, 3.63) is 35.9 Å². The van der Waals surface area contributed by atoms with Gasteiger partial charge in [-0.15, -0.1) is 0 Å². The Bertz CT molecular complexity index is 265. The third kappa shape index (κ3) is 2.37. The van der Waals surface area contributed by atoms with Crippen molar-refractivity contribution in [1.29, 1.82) is 0 Å². The number of methoxy groups -OCH3 is 1. The van der Waals surface area contributed by atoms with Gasteiger partial charge in [0.25, 0.3) is 0 Å². The van der Waals surface area contributed by atoms with Gasteiger partial charge in [-0.05, 0) is 0 Å². The molecule has 0 fully saturated rings. The zero-order valence-corrected chi connectivity index (χ0v) is 7.43. The lowest BCUT2D eigenvalue weighted by Gasteiger charge is -2.10. The van der Waals surface area contributed by atoms with Crippen LogP contribution in [-0.2, 0) is 4.74 Å². The average molecular weight is 180 g/mol. The number of aliphatic hydroxyl groups is 1. The van der Waals surface area contributed by atoms with E-state index in [4.69, 9.17) is 9.84 Å². The van der Waals surface area contributed by atoms with Crippen LogP contribution >= 0.6 is 0 Å². The predicted octanol–water partition coefficient (Wildman–Crippen LogP) is 0.877. The van der Waals surface area contributed by atoms with E-state index in [-0.39, 0.29) is 12.4 Å². The Morgan fingerprint density at radius 2 is 2.08 bits per heavy atom. The van der Waals surface area contributed by atoms with Crippen LogP contribution in [0.3, 0.4) is 0 Å². The quantitative estimate of drug-likeness (QED) is 0.699. The molecule has 0 bridgehead atoms. The zero-order chi connectivity index (χ0) is 9.68. The minimum absolute atomic E-state index is 0.189. The molecule has 0 radical (unpaired) electrons. The molecular weight excluding hydrogens is 168 g/mol. The summed E-state index contributed by atoms with van der Waals surface area (Å²) in [5.74, 6) is -0.189. The second-order valence-corrected chi connectivity index (χ2v) is 2.64. The molecule has 0 aliphatic heterocycles. The SMILES string of the molecule is COC(CO)C(=O)c1ccccc1. The van der Waals surface area contributed by atoms with Gasteiger partial charge in [0, 0.05) is 12.7 Å². The van der Waals surface area contributed by atoms with Crippen molar-refractivity contribution >= 4 is 5.78 Å². The average Bonchev–Trinajstić information content (AvgIpc) is 2.21. The van der Waals surface area contributed by atoms with Crippen molar-refractivity contribution < 1.29 is 14.6 Å². The second-order valence-electron chi connectivity index (χ2n) is 2.64. The smallest absolute Gasteiger partial charge is 0.193 e. The van der Waals surface area contributed by atoms with Crippen LogP contribution in [0.4, 0.5) is 0 Å². The number of benzene rings is 1. The Labute approximate surface area is 77.0 Å². The van der Waals surface area contributed by atoms with E-state index in [1.54, 1.807) is 24.3 Å². The van der Waals surface area contributed by atoms with Crippen LogP contribution < -0.4 is 0 Å². The van der Waals surface area contributed by atoms with Crippen LogP contribution in [0.2, 0.25) is 0 Å². The topological polar surface area (TPSA) is 46.5 Å². The maximum absolute atomic E-state index is 11.5. The lowest BCUT2D eigenvalue weighted by molar-refractivity contribution is 0.0390. The van der Waals surface area contributed by atoms with E-state index in [2.05, 4.69) is 0 Å². The zero-order valence-electron chi connectivity index (χ0n) is 7.43. The van der Waals surface area contributed by atoms with Gasteiger partial charge >= 0.3 is 0 Å². The fraction of sp³-hybridized carbons (Fsp3) is 0.300. The molecule has 3 nitrogen and oxygen atoms in total. The Balaban J connectivity index is 2.78. The number of aliphatic hydroxyl groups excluding tert-OH is 1. The first kappa shape index (κ1) is 9.89. The standard InChI is InChI=1S/C10H12O3/c1-13-9(7-11)10(12)8-5-3-2-4-6-8/h2-6,9,11H,7H2,1H3. The third-order valence-electron chi connectivity index (χ3n) is 1.80. The van der Waals surface area contributed by atoms with Crippen LogP contribution in [0.5, 0.6) is 0 Å². The first-order valence-corrected chi connectivity index (χ1v) is 4.02. The molecule has 0 aliphatic rings. The number of ether oxygens (including phenoxy) is 1. The number of carbonyl (C=O) groups is 1. The molecule has 70 valence electrons. The Hall–Kier alpha value is -1.19. The lowest BCUT2D eigenvalue weighted by atomic mass is 10.1. The van der Waals surface area contributed by atoms with E-state index >= 15 is 0 Å². The normalized spacial score (nSPS) is 12.5. The van der Waals surface area contributed by atoms with E-state index in [1.165, 1.54) is 7.11 Å². The minimum Gasteiger partial charge on any atom is -0.393 e. The van der Waals surface area contributed by atoms with Crippen LogP contribution in [0.15, 0.2) is 30.3 Å². The predicted molar refractivity (Wildman–Crippen MR) is 48.7 cm³/mol. The van der Waals surface area contributed by atoms with Gasteiger partial charge in [0.2, 0.25) is 0 Å². The fourth-order valence-corrected chi connectivity index (χ4v) is 1.05. The molecule has 1 atom stereocenters. The maximum Gasteiger partial charge on any atom is 0.193 e. The van der Waals surface area contributed by atoms with Gasteiger partial charge in [0.15, 0.2) is 5.78 Å². The van der Waals surface area contributed by atoms with Crippen molar-refractivity contribution in [2.24, 2.45) is 0 Å². The summed E-state index contributed by atoms with van der Waals surface area (Å²) in [5, 5.41) is 8.81. The van der Waals surface area contributed by atoms with Gasteiger partial charge in [-0.1, -0.05) is 30.3 Å². The monoisotopic (exact) mass is 180 g/mol. The van der Waals surface area contributed by atoms with E-state index in [9.17, 15) is 4.79 Å². The summed E-state index contributed by atoms with van der Waals surface area (Å²) in [6.45, 7) is -0.287. The lowest BCUT2D eigenvalue weighted by Crippen LogP contribution is -2.26. The summed E-state index contributed by atoms with van der Waals surface area (Å²) in [4.78, 5) is 11.5. The molecule has 0 heterocycles. The van der Waals surface area contributed by atoms with Crippen LogP contribution in [0, 0.1) is 0 Å². The highest BCUT2D eigenvalue weighted by molar-refractivity contribution is 5.99. The molecular formula is C10H12O3. The Morgan fingerprint density at radius 1 is 1.46 bits per heavy atom. The Morgan fingerprint density at radius 3 is 2.54 bits per heavy atom. The molecule has 1 aromatic rings. The van der Waals surface area contributed by atoms with Gasteiger partial charge in [0.05, 0.1) is 6.61 Å². The van der Waals surface area contributed by atoms with Crippen molar-refractivity contribution in [2.75, 3.05) is 13.7 Å². The van der Waals surface area contributed by atoms with Crippen molar-refractivity contribution in [3.8, 4) is 0 Å². The van der Waals surface area contributed by atoms with Crippen molar-refractivity contribution in [3.63, 3.8) is 0 Å².